The number of benzene rings is 1. The molecule has 0 saturated carbocycles. The molecule has 0 aliphatic heterocycles. The van der Waals surface area contributed by atoms with E-state index < -0.39 is 0 Å². The first-order valence-electron chi connectivity index (χ1n) is 9.74. The Kier molecular flexibility index (Phi) is 9.79. The van der Waals surface area contributed by atoms with Gasteiger partial charge in [-0.2, -0.15) is 0 Å². The average molecular weight is 360 g/mol. The van der Waals surface area contributed by atoms with Crippen LogP contribution in [0.4, 0.5) is 0 Å². The maximum Gasteiger partial charge on any atom is 0.224 e. The van der Waals surface area contributed by atoms with Crippen molar-refractivity contribution in [2.75, 3.05) is 39.3 Å². The van der Waals surface area contributed by atoms with Gasteiger partial charge in [-0.05, 0) is 70.0 Å². The highest BCUT2D eigenvalue weighted by molar-refractivity contribution is 5.88. The summed E-state index contributed by atoms with van der Waals surface area (Å²) in [6, 6.07) is 8.07. The maximum absolute atomic E-state index is 12.1. The first kappa shape index (κ1) is 20.4. The van der Waals surface area contributed by atoms with E-state index in [4.69, 9.17) is 5.73 Å². The molecule has 6 nitrogen and oxygen atoms in total. The Bertz CT molecular complexity index is 640. The summed E-state index contributed by atoms with van der Waals surface area (Å²) >= 11 is 0. The van der Waals surface area contributed by atoms with Crippen LogP contribution in [0.2, 0.25) is 0 Å². The minimum atomic E-state index is 0.0891. The number of nitrogens with one attached hydrogen (secondary N) is 4. The first-order valence-corrected chi connectivity index (χ1v) is 9.74. The third-order valence-electron chi connectivity index (χ3n) is 4.39. The van der Waals surface area contributed by atoms with Crippen LogP contribution in [-0.4, -0.2) is 50.2 Å². The number of hydrogen-bond donors (Lipinski definition) is 5. The number of hydrogen-bond acceptors (Lipinski definition) is 4. The number of fused-ring (bicyclic) bond motifs is 1. The molecule has 2 aromatic rings. The first-order chi connectivity index (χ1) is 12.8. The van der Waals surface area contributed by atoms with Crippen molar-refractivity contribution in [3.8, 4) is 0 Å². The SMILES string of the molecule is NCCCNCCCNCCCCNC(=O)Cc1c[nH]c2ccccc12. The van der Waals surface area contributed by atoms with E-state index in [0.29, 0.717) is 6.42 Å². The molecule has 1 aromatic heterocycles. The molecule has 0 saturated heterocycles. The Morgan fingerprint density at radius 2 is 1.62 bits per heavy atom. The van der Waals surface area contributed by atoms with E-state index in [1.165, 1.54) is 0 Å². The van der Waals surface area contributed by atoms with Crippen LogP contribution in [0.15, 0.2) is 30.5 Å². The van der Waals surface area contributed by atoms with Gasteiger partial charge < -0.3 is 26.7 Å². The van der Waals surface area contributed by atoms with Crippen LogP contribution < -0.4 is 21.7 Å². The summed E-state index contributed by atoms with van der Waals surface area (Å²) in [6.45, 7) is 5.57. The van der Waals surface area contributed by atoms with Crippen LogP contribution in [0.25, 0.3) is 10.9 Å². The fraction of sp³-hybridized carbons (Fsp3) is 0.550. The number of carbonyl (C=O) groups is 1. The van der Waals surface area contributed by atoms with E-state index in [0.717, 1.165) is 81.4 Å². The number of carbonyl (C=O) groups excluding carboxylic acids is 1. The van der Waals surface area contributed by atoms with Gasteiger partial charge in [-0.3, -0.25) is 4.79 Å². The predicted octanol–water partition coefficient (Wildman–Crippen LogP) is 1.52. The lowest BCUT2D eigenvalue weighted by molar-refractivity contribution is -0.120. The largest absolute Gasteiger partial charge is 0.361 e. The Balaban J connectivity index is 1.45. The molecular formula is C20H33N5O. The van der Waals surface area contributed by atoms with E-state index in [-0.39, 0.29) is 5.91 Å². The average Bonchev–Trinajstić information content (AvgIpc) is 3.05. The molecular weight excluding hydrogens is 326 g/mol. The second-order valence-electron chi connectivity index (χ2n) is 6.59. The summed E-state index contributed by atoms with van der Waals surface area (Å²) in [5.41, 5.74) is 7.58. The fourth-order valence-corrected chi connectivity index (χ4v) is 2.93. The number of nitrogens with two attached hydrogens (primary N) is 1. The lowest BCUT2D eigenvalue weighted by Gasteiger charge is -2.07. The van der Waals surface area contributed by atoms with Gasteiger partial charge in [0.15, 0.2) is 0 Å². The molecule has 6 N–H and O–H groups in total. The summed E-state index contributed by atoms with van der Waals surface area (Å²) in [5, 5.41) is 11.0. The smallest absolute Gasteiger partial charge is 0.224 e. The van der Waals surface area contributed by atoms with Gasteiger partial charge in [0.25, 0.3) is 0 Å². The standard InChI is InChI=1S/C20H33N5O/c21-9-5-11-23-13-6-12-22-10-3-4-14-24-20(26)15-17-16-25-19-8-2-1-7-18(17)19/h1-2,7-8,16,22-23,25H,3-6,9-15,21H2,(H,24,26). The zero-order chi connectivity index (χ0) is 18.5. The second-order valence-corrected chi connectivity index (χ2v) is 6.59. The van der Waals surface area contributed by atoms with E-state index in [1.807, 2.05) is 30.5 Å². The van der Waals surface area contributed by atoms with Gasteiger partial charge in [0.05, 0.1) is 6.42 Å². The van der Waals surface area contributed by atoms with Crippen LogP contribution in [0.5, 0.6) is 0 Å². The highest BCUT2D eigenvalue weighted by atomic mass is 16.1. The van der Waals surface area contributed by atoms with Crippen LogP contribution in [0.3, 0.4) is 0 Å². The molecule has 1 aromatic carbocycles. The monoisotopic (exact) mass is 359 g/mol. The fourth-order valence-electron chi connectivity index (χ4n) is 2.93. The topological polar surface area (TPSA) is 95.0 Å². The van der Waals surface area contributed by atoms with Crippen molar-refractivity contribution < 1.29 is 4.79 Å². The zero-order valence-corrected chi connectivity index (χ0v) is 15.7. The number of H-pyrrole nitrogens is 1. The van der Waals surface area contributed by atoms with Gasteiger partial charge in [0, 0.05) is 23.6 Å². The highest BCUT2D eigenvalue weighted by Gasteiger charge is 2.07. The Morgan fingerprint density at radius 1 is 0.923 bits per heavy atom. The highest BCUT2D eigenvalue weighted by Crippen LogP contribution is 2.17. The molecule has 0 fully saturated rings. The molecule has 1 amide bonds. The zero-order valence-electron chi connectivity index (χ0n) is 15.7. The number of amides is 1. The molecule has 0 unspecified atom stereocenters. The van der Waals surface area contributed by atoms with Gasteiger partial charge >= 0.3 is 0 Å². The Labute approximate surface area is 156 Å². The molecule has 0 aliphatic carbocycles. The van der Waals surface area contributed by atoms with Crippen LogP contribution in [0, 0.1) is 0 Å². The molecule has 6 heteroatoms. The van der Waals surface area contributed by atoms with Gasteiger partial charge in [0.2, 0.25) is 5.91 Å². The van der Waals surface area contributed by atoms with Crippen LogP contribution >= 0.6 is 0 Å². The number of rotatable bonds is 14. The summed E-state index contributed by atoms with van der Waals surface area (Å²) in [4.78, 5) is 15.3. The normalized spacial score (nSPS) is 11.1. The molecule has 1 heterocycles. The molecule has 0 bridgehead atoms. The molecule has 26 heavy (non-hydrogen) atoms. The summed E-state index contributed by atoms with van der Waals surface area (Å²) in [5.74, 6) is 0.0891. The lowest BCUT2D eigenvalue weighted by Crippen LogP contribution is -2.27. The summed E-state index contributed by atoms with van der Waals surface area (Å²) in [7, 11) is 0. The van der Waals surface area contributed by atoms with E-state index in [1.54, 1.807) is 0 Å². The quantitative estimate of drug-likeness (QED) is 0.331. The van der Waals surface area contributed by atoms with Crippen molar-refractivity contribution >= 4 is 16.8 Å². The maximum atomic E-state index is 12.1. The minimum Gasteiger partial charge on any atom is -0.361 e. The number of para-hydroxylation sites is 1. The van der Waals surface area contributed by atoms with Crippen molar-refractivity contribution in [3.63, 3.8) is 0 Å². The third-order valence-corrected chi connectivity index (χ3v) is 4.39. The number of aromatic amines is 1. The predicted molar refractivity (Wildman–Crippen MR) is 108 cm³/mol. The molecule has 144 valence electrons. The van der Waals surface area contributed by atoms with Crippen molar-refractivity contribution in [2.24, 2.45) is 5.73 Å². The van der Waals surface area contributed by atoms with Gasteiger partial charge in [-0.15, -0.1) is 0 Å². The molecule has 0 spiro atoms. The molecule has 0 aliphatic rings. The summed E-state index contributed by atoms with van der Waals surface area (Å²) in [6.07, 6.45) is 6.61. The van der Waals surface area contributed by atoms with Crippen molar-refractivity contribution in [2.45, 2.75) is 32.1 Å². The van der Waals surface area contributed by atoms with Gasteiger partial charge in [-0.25, -0.2) is 0 Å². The Hall–Kier alpha value is -1.89. The van der Waals surface area contributed by atoms with Crippen LogP contribution in [0.1, 0.15) is 31.2 Å². The molecule has 0 atom stereocenters. The van der Waals surface area contributed by atoms with Crippen molar-refractivity contribution in [1.82, 2.24) is 20.9 Å². The Morgan fingerprint density at radius 3 is 2.42 bits per heavy atom. The van der Waals surface area contributed by atoms with Crippen molar-refractivity contribution in [1.29, 1.82) is 0 Å². The second kappa shape index (κ2) is 12.5. The minimum absolute atomic E-state index is 0.0891. The van der Waals surface area contributed by atoms with E-state index >= 15 is 0 Å². The van der Waals surface area contributed by atoms with Crippen molar-refractivity contribution in [3.05, 3.63) is 36.0 Å². The lowest BCUT2D eigenvalue weighted by atomic mass is 10.1. The number of unbranched alkanes of at least 4 members (excludes halogenated alkanes) is 1. The number of aromatic nitrogens is 1. The van der Waals surface area contributed by atoms with Gasteiger partial charge in [0.1, 0.15) is 0 Å². The van der Waals surface area contributed by atoms with Crippen LogP contribution in [-0.2, 0) is 11.2 Å². The third kappa shape index (κ3) is 7.56. The van der Waals surface area contributed by atoms with E-state index in [2.05, 4.69) is 20.9 Å². The summed E-state index contributed by atoms with van der Waals surface area (Å²) < 4.78 is 0. The van der Waals surface area contributed by atoms with Gasteiger partial charge in [-0.1, -0.05) is 18.2 Å². The molecule has 2 rings (SSSR count). The molecule has 0 radical (unpaired) electrons. The van der Waals surface area contributed by atoms with E-state index in [9.17, 15) is 4.79 Å².